The number of hydrogen-bond donors (Lipinski definition) is 1. The van der Waals surface area contributed by atoms with Gasteiger partial charge in [0.15, 0.2) is 0 Å². The maximum absolute atomic E-state index is 12.8. The van der Waals surface area contributed by atoms with Gasteiger partial charge in [-0.3, -0.25) is 9.59 Å². The predicted molar refractivity (Wildman–Crippen MR) is 89.3 cm³/mol. The van der Waals surface area contributed by atoms with Crippen LogP contribution in [-0.4, -0.2) is 41.3 Å². The van der Waals surface area contributed by atoms with Crippen LogP contribution in [-0.2, 0) is 4.79 Å². The monoisotopic (exact) mass is 379 g/mol. The van der Waals surface area contributed by atoms with Gasteiger partial charge < -0.3 is 14.7 Å². The molecule has 1 fully saturated rings. The van der Waals surface area contributed by atoms with E-state index in [1.54, 1.807) is 30.3 Å². The van der Waals surface area contributed by atoms with Crippen molar-refractivity contribution < 1.29 is 32.6 Å². The van der Waals surface area contributed by atoms with Gasteiger partial charge in [0.25, 0.3) is 5.91 Å². The Hall–Kier alpha value is -3.03. The summed E-state index contributed by atoms with van der Waals surface area (Å²) in [6.07, 6.45) is -4.93. The van der Waals surface area contributed by atoms with Gasteiger partial charge in [-0.1, -0.05) is 42.5 Å². The molecule has 1 N–H and O–H groups in total. The molecule has 2 atom stereocenters. The zero-order valence-corrected chi connectivity index (χ0v) is 14.0. The van der Waals surface area contributed by atoms with Crippen molar-refractivity contribution in [3.05, 3.63) is 65.7 Å². The number of para-hydroxylation sites is 1. The summed E-state index contributed by atoms with van der Waals surface area (Å²) < 4.78 is 41.7. The van der Waals surface area contributed by atoms with Crippen LogP contribution in [0.4, 0.5) is 13.2 Å². The highest BCUT2D eigenvalue weighted by Crippen LogP contribution is 2.35. The first-order valence-corrected chi connectivity index (χ1v) is 8.18. The van der Waals surface area contributed by atoms with Gasteiger partial charge in [-0.05, 0) is 17.7 Å². The summed E-state index contributed by atoms with van der Waals surface area (Å²) in [5, 5.41) is 9.51. The molecule has 1 heterocycles. The van der Waals surface area contributed by atoms with Gasteiger partial charge in [0.05, 0.1) is 11.5 Å². The highest BCUT2D eigenvalue weighted by atomic mass is 19.4. The molecule has 2 aromatic rings. The topological polar surface area (TPSA) is 66.8 Å². The molecule has 27 heavy (non-hydrogen) atoms. The molecule has 1 saturated heterocycles. The van der Waals surface area contributed by atoms with E-state index in [2.05, 4.69) is 4.74 Å². The summed E-state index contributed by atoms with van der Waals surface area (Å²) in [6.45, 7) is 0.00818. The first-order valence-electron chi connectivity index (χ1n) is 8.18. The third kappa shape index (κ3) is 4.21. The minimum atomic E-state index is -4.93. The summed E-state index contributed by atoms with van der Waals surface area (Å²) in [7, 11) is 0. The van der Waals surface area contributed by atoms with Crippen molar-refractivity contribution in [3.63, 3.8) is 0 Å². The van der Waals surface area contributed by atoms with Gasteiger partial charge in [0, 0.05) is 19.0 Å². The quantitative estimate of drug-likeness (QED) is 0.883. The molecule has 0 aromatic heterocycles. The van der Waals surface area contributed by atoms with Crippen molar-refractivity contribution >= 4 is 11.9 Å². The summed E-state index contributed by atoms with van der Waals surface area (Å²) in [5.74, 6) is -3.64. The van der Waals surface area contributed by atoms with Crippen LogP contribution in [0.2, 0.25) is 0 Å². The first-order chi connectivity index (χ1) is 12.8. The fourth-order valence-electron chi connectivity index (χ4n) is 3.29. The number of amides is 1. The van der Waals surface area contributed by atoms with Crippen LogP contribution in [0.5, 0.6) is 5.75 Å². The SMILES string of the molecule is O=C(O)[C@@H]1CN(C(=O)c2ccccc2OC(F)(F)F)C[C@@H]1c1ccccc1. The van der Waals surface area contributed by atoms with Crippen molar-refractivity contribution in [1.82, 2.24) is 4.90 Å². The molecular formula is C19H16F3NO4. The van der Waals surface area contributed by atoms with Crippen LogP contribution < -0.4 is 4.74 Å². The average molecular weight is 379 g/mol. The molecular weight excluding hydrogens is 363 g/mol. The largest absolute Gasteiger partial charge is 0.573 e. The van der Waals surface area contributed by atoms with E-state index in [-0.39, 0.29) is 18.7 Å². The number of ether oxygens (including phenoxy) is 1. The Balaban J connectivity index is 1.87. The Bertz CT molecular complexity index is 838. The smallest absolute Gasteiger partial charge is 0.481 e. The number of carbonyl (C=O) groups is 2. The molecule has 0 aliphatic carbocycles. The Morgan fingerprint density at radius 2 is 1.63 bits per heavy atom. The van der Waals surface area contributed by atoms with E-state index in [9.17, 15) is 27.9 Å². The fourth-order valence-corrected chi connectivity index (χ4v) is 3.29. The summed E-state index contributed by atoms with van der Waals surface area (Å²) in [4.78, 5) is 25.7. The molecule has 0 unspecified atom stereocenters. The molecule has 0 saturated carbocycles. The summed E-state index contributed by atoms with van der Waals surface area (Å²) >= 11 is 0. The third-order valence-electron chi connectivity index (χ3n) is 4.50. The number of carbonyl (C=O) groups excluding carboxylic acids is 1. The molecule has 5 nitrogen and oxygen atoms in total. The maximum Gasteiger partial charge on any atom is 0.573 e. The molecule has 2 aromatic carbocycles. The van der Waals surface area contributed by atoms with Crippen LogP contribution in [0.3, 0.4) is 0 Å². The van der Waals surface area contributed by atoms with Crippen LogP contribution in [0.15, 0.2) is 54.6 Å². The highest BCUT2D eigenvalue weighted by molar-refractivity contribution is 5.97. The number of likely N-dealkylation sites (tertiary alicyclic amines) is 1. The van der Waals surface area contributed by atoms with Crippen LogP contribution in [0, 0.1) is 5.92 Å². The lowest BCUT2D eigenvalue weighted by molar-refractivity contribution is -0.274. The average Bonchev–Trinajstić information content (AvgIpc) is 3.07. The van der Waals surface area contributed by atoms with E-state index in [0.717, 1.165) is 11.6 Å². The summed E-state index contributed by atoms with van der Waals surface area (Å²) in [5.41, 5.74) is 0.507. The lowest BCUT2D eigenvalue weighted by atomic mass is 9.89. The Morgan fingerprint density at radius 1 is 1.00 bits per heavy atom. The van der Waals surface area contributed by atoms with Gasteiger partial charge in [-0.15, -0.1) is 13.2 Å². The molecule has 0 radical (unpaired) electrons. The Labute approximate surface area is 153 Å². The number of hydrogen-bond acceptors (Lipinski definition) is 3. The van der Waals surface area contributed by atoms with Crippen molar-refractivity contribution in [2.24, 2.45) is 5.92 Å². The zero-order chi connectivity index (χ0) is 19.6. The van der Waals surface area contributed by atoms with E-state index in [1.165, 1.54) is 23.1 Å². The Morgan fingerprint density at radius 3 is 2.26 bits per heavy atom. The zero-order valence-electron chi connectivity index (χ0n) is 14.0. The molecule has 0 spiro atoms. The molecule has 142 valence electrons. The lowest BCUT2D eigenvalue weighted by Crippen LogP contribution is -2.31. The number of carboxylic acid groups (broad SMARTS) is 1. The lowest BCUT2D eigenvalue weighted by Gasteiger charge is -2.19. The van der Waals surface area contributed by atoms with E-state index < -0.39 is 35.8 Å². The van der Waals surface area contributed by atoms with Crippen molar-refractivity contribution in [2.75, 3.05) is 13.1 Å². The van der Waals surface area contributed by atoms with E-state index in [4.69, 9.17) is 0 Å². The number of halogens is 3. The van der Waals surface area contributed by atoms with Gasteiger partial charge in [-0.2, -0.15) is 0 Å². The number of aliphatic carboxylic acids is 1. The molecule has 8 heteroatoms. The maximum atomic E-state index is 12.8. The predicted octanol–water partition coefficient (Wildman–Crippen LogP) is 3.53. The minimum absolute atomic E-state index is 0.0892. The molecule has 0 bridgehead atoms. The number of nitrogens with zero attached hydrogens (tertiary/aromatic N) is 1. The normalized spacial score (nSPS) is 19.7. The van der Waals surface area contributed by atoms with E-state index in [0.29, 0.717) is 0 Å². The van der Waals surface area contributed by atoms with Crippen molar-refractivity contribution in [3.8, 4) is 5.75 Å². The van der Waals surface area contributed by atoms with Gasteiger partial charge in [0.1, 0.15) is 5.75 Å². The second kappa shape index (κ2) is 7.30. The molecule has 3 rings (SSSR count). The molecule has 1 aliphatic rings. The van der Waals surface area contributed by atoms with E-state index >= 15 is 0 Å². The fraction of sp³-hybridized carbons (Fsp3) is 0.263. The third-order valence-corrected chi connectivity index (χ3v) is 4.50. The number of benzene rings is 2. The van der Waals surface area contributed by atoms with Crippen LogP contribution in [0.25, 0.3) is 0 Å². The van der Waals surface area contributed by atoms with Crippen molar-refractivity contribution in [1.29, 1.82) is 0 Å². The standard InChI is InChI=1S/C19H16F3NO4/c20-19(21,22)27-16-9-5-4-8-13(16)17(24)23-10-14(15(11-23)18(25)26)12-6-2-1-3-7-12/h1-9,14-15H,10-11H2,(H,25,26)/t14-,15-/m1/s1. The second-order valence-corrected chi connectivity index (χ2v) is 6.22. The first kappa shape index (κ1) is 18.8. The van der Waals surface area contributed by atoms with Crippen molar-refractivity contribution in [2.45, 2.75) is 12.3 Å². The minimum Gasteiger partial charge on any atom is -0.481 e. The van der Waals surface area contributed by atoms with Crippen LogP contribution >= 0.6 is 0 Å². The van der Waals surface area contributed by atoms with Gasteiger partial charge >= 0.3 is 12.3 Å². The highest BCUT2D eigenvalue weighted by Gasteiger charge is 2.41. The molecule has 1 aliphatic heterocycles. The van der Waals surface area contributed by atoms with E-state index in [1.807, 2.05) is 0 Å². The Kier molecular flexibility index (Phi) is 5.07. The van der Waals surface area contributed by atoms with Crippen LogP contribution in [0.1, 0.15) is 21.8 Å². The second-order valence-electron chi connectivity index (χ2n) is 6.22. The molecule has 1 amide bonds. The summed E-state index contributed by atoms with van der Waals surface area (Å²) in [6, 6.07) is 13.9. The number of carboxylic acids is 1. The number of alkyl halides is 3. The number of rotatable bonds is 4. The van der Waals surface area contributed by atoms with Gasteiger partial charge in [0.2, 0.25) is 0 Å². The van der Waals surface area contributed by atoms with Gasteiger partial charge in [-0.25, -0.2) is 0 Å².